The van der Waals surface area contributed by atoms with Crippen LogP contribution in [0.1, 0.15) is 45.0 Å². The van der Waals surface area contributed by atoms with Crippen molar-refractivity contribution < 1.29 is 4.39 Å². The van der Waals surface area contributed by atoms with Gasteiger partial charge in [0.2, 0.25) is 0 Å². The molecular weight excluding hydrogens is 303 g/mol. The van der Waals surface area contributed by atoms with Gasteiger partial charge in [0.1, 0.15) is 5.82 Å². The molecule has 0 saturated heterocycles. The van der Waals surface area contributed by atoms with Gasteiger partial charge in [-0.3, -0.25) is 9.67 Å². The minimum Gasteiger partial charge on any atom is -0.378 e. The van der Waals surface area contributed by atoms with E-state index in [4.69, 9.17) is 0 Å². The van der Waals surface area contributed by atoms with Crippen molar-refractivity contribution in [2.45, 2.75) is 46.2 Å². The lowest BCUT2D eigenvalue weighted by atomic mass is 10.1. The van der Waals surface area contributed by atoms with Crippen molar-refractivity contribution in [3.63, 3.8) is 0 Å². The van der Waals surface area contributed by atoms with Crippen LogP contribution in [-0.4, -0.2) is 14.8 Å². The number of aromatic nitrogens is 3. The van der Waals surface area contributed by atoms with Crippen molar-refractivity contribution in [3.8, 4) is 0 Å². The fourth-order valence-electron chi connectivity index (χ4n) is 2.80. The van der Waals surface area contributed by atoms with Crippen LogP contribution in [0.3, 0.4) is 0 Å². The number of rotatable bonds is 3. The Balaban J connectivity index is 1.93. The van der Waals surface area contributed by atoms with Crippen molar-refractivity contribution in [1.29, 1.82) is 0 Å². The molecule has 5 heteroatoms. The second kappa shape index (κ2) is 5.89. The van der Waals surface area contributed by atoms with Crippen LogP contribution in [-0.2, 0) is 5.54 Å². The highest BCUT2D eigenvalue weighted by atomic mass is 19.1. The minimum absolute atomic E-state index is 0.0520. The van der Waals surface area contributed by atoms with E-state index in [1.165, 1.54) is 12.1 Å². The molecule has 4 nitrogen and oxygen atoms in total. The first-order chi connectivity index (χ1) is 11.3. The summed E-state index contributed by atoms with van der Waals surface area (Å²) in [5.74, 6) is -0.275. The first-order valence-corrected chi connectivity index (χ1v) is 8.13. The number of pyridine rings is 1. The van der Waals surface area contributed by atoms with Crippen molar-refractivity contribution in [1.82, 2.24) is 14.8 Å². The molecule has 0 aliphatic rings. The molecule has 3 aromatic rings. The van der Waals surface area contributed by atoms with E-state index in [1.54, 1.807) is 12.3 Å². The number of nitrogens with zero attached hydrogens (tertiary/aromatic N) is 3. The smallest absolute Gasteiger partial charge is 0.125 e. The Morgan fingerprint density at radius 2 is 1.96 bits per heavy atom. The third kappa shape index (κ3) is 3.11. The molecule has 1 atom stereocenters. The van der Waals surface area contributed by atoms with Crippen molar-refractivity contribution in [3.05, 3.63) is 53.7 Å². The Hall–Kier alpha value is -2.43. The molecule has 1 unspecified atom stereocenters. The molecule has 2 heterocycles. The summed E-state index contributed by atoms with van der Waals surface area (Å²) in [6, 6.07) is 6.67. The predicted molar refractivity (Wildman–Crippen MR) is 95.7 cm³/mol. The van der Waals surface area contributed by atoms with Crippen molar-refractivity contribution in [2.75, 3.05) is 5.32 Å². The predicted octanol–water partition coefficient (Wildman–Crippen LogP) is 4.81. The van der Waals surface area contributed by atoms with E-state index in [-0.39, 0.29) is 17.4 Å². The molecule has 0 aliphatic heterocycles. The number of aryl methyl sites for hydroxylation is 1. The average molecular weight is 326 g/mol. The monoisotopic (exact) mass is 326 g/mol. The highest BCUT2D eigenvalue weighted by molar-refractivity contribution is 5.91. The summed E-state index contributed by atoms with van der Waals surface area (Å²) in [5, 5.41) is 9.05. The van der Waals surface area contributed by atoms with E-state index in [1.807, 2.05) is 17.7 Å². The average Bonchev–Trinajstić information content (AvgIpc) is 2.89. The second-order valence-corrected chi connectivity index (χ2v) is 7.17. The van der Waals surface area contributed by atoms with Crippen LogP contribution in [0.15, 0.2) is 36.7 Å². The lowest BCUT2D eigenvalue weighted by Gasteiger charge is -2.19. The molecular formula is C19H23FN4. The summed E-state index contributed by atoms with van der Waals surface area (Å²) in [7, 11) is 0. The molecule has 0 fully saturated rings. The highest BCUT2D eigenvalue weighted by Gasteiger charge is 2.19. The van der Waals surface area contributed by atoms with Gasteiger partial charge in [-0.1, -0.05) is 0 Å². The van der Waals surface area contributed by atoms with Gasteiger partial charge in [-0.2, -0.15) is 5.10 Å². The van der Waals surface area contributed by atoms with Gasteiger partial charge in [-0.15, -0.1) is 0 Å². The van der Waals surface area contributed by atoms with Crippen LogP contribution in [0.4, 0.5) is 10.1 Å². The lowest BCUT2D eigenvalue weighted by Crippen LogP contribution is -2.22. The molecule has 1 N–H and O–H groups in total. The Kier molecular flexibility index (Phi) is 4.03. The van der Waals surface area contributed by atoms with E-state index in [0.29, 0.717) is 5.52 Å². The van der Waals surface area contributed by atoms with Crippen LogP contribution in [0.5, 0.6) is 0 Å². The molecule has 1 aromatic carbocycles. The van der Waals surface area contributed by atoms with Crippen LogP contribution < -0.4 is 5.32 Å². The zero-order valence-corrected chi connectivity index (χ0v) is 14.8. The topological polar surface area (TPSA) is 42.7 Å². The number of benzene rings is 1. The molecule has 0 radical (unpaired) electrons. The third-order valence-corrected chi connectivity index (χ3v) is 4.17. The lowest BCUT2D eigenvalue weighted by molar-refractivity contribution is 0.354. The quantitative estimate of drug-likeness (QED) is 0.751. The van der Waals surface area contributed by atoms with Gasteiger partial charge < -0.3 is 5.32 Å². The molecule has 2 aromatic heterocycles. The van der Waals surface area contributed by atoms with Crippen LogP contribution in [0.25, 0.3) is 10.9 Å². The maximum atomic E-state index is 13.4. The maximum absolute atomic E-state index is 13.4. The SMILES string of the molecule is Cc1nn(C(C)(C)C)cc1C(C)Nc1ccnc2cc(F)ccc12. The van der Waals surface area contributed by atoms with E-state index in [0.717, 1.165) is 22.3 Å². The Labute approximate surface area is 141 Å². The second-order valence-electron chi connectivity index (χ2n) is 7.17. The third-order valence-electron chi connectivity index (χ3n) is 4.17. The summed E-state index contributed by atoms with van der Waals surface area (Å²) in [6.45, 7) is 10.5. The molecule has 0 amide bonds. The van der Waals surface area contributed by atoms with Crippen molar-refractivity contribution >= 4 is 16.6 Å². The summed E-state index contributed by atoms with van der Waals surface area (Å²) in [6.07, 6.45) is 3.79. The van der Waals surface area contributed by atoms with Crippen molar-refractivity contribution in [2.24, 2.45) is 0 Å². The van der Waals surface area contributed by atoms with E-state index in [2.05, 4.69) is 49.3 Å². The Morgan fingerprint density at radius 1 is 1.21 bits per heavy atom. The van der Waals surface area contributed by atoms with E-state index < -0.39 is 0 Å². The molecule has 126 valence electrons. The summed E-state index contributed by atoms with van der Waals surface area (Å²) in [4.78, 5) is 4.24. The summed E-state index contributed by atoms with van der Waals surface area (Å²) < 4.78 is 15.4. The molecule has 0 spiro atoms. The number of hydrogen-bond acceptors (Lipinski definition) is 3. The van der Waals surface area contributed by atoms with Gasteiger partial charge in [-0.05, 0) is 52.8 Å². The fourth-order valence-corrected chi connectivity index (χ4v) is 2.80. The molecule has 0 bridgehead atoms. The Bertz CT molecular complexity index is 877. The van der Waals surface area contributed by atoms with Gasteiger partial charge in [0.15, 0.2) is 0 Å². The number of halogens is 1. The molecule has 0 aliphatic carbocycles. The van der Waals surface area contributed by atoms with Gasteiger partial charge in [0.05, 0.1) is 22.8 Å². The van der Waals surface area contributed by atoms with Crippen LogP contribution in [0.2, 0.25) is 0 Å². The first-order valence-electron chi connectivity index (χ1n) is 8.13. The number of anilines is 1. The normalized spacial score (nSPS) is 13.2. The zero-order chi connectivity index (χ0) is 17.5. The number of fused-ring (bicyclic) bond motifs is 1. The Morgan fingerprint density at radius 3 is 2.62 bits per heavy atom. The minimum atomic E-state index is -0.275. The standard InChI is InChI=1S/C19H23FN4/c1-12(16-11-24(19(3,4)5)23-13(16)2)22-17-8-9-21-18-10-14(20)6-7-15(17)18/h6-12H,1-5H3,(H,21,22). The van der Waals surface area contributed by atoms with Gasteiger partial charge >= 0.3 is 0 Å². The van der Waals surface area contributed by atoms with Crippen LogP contribution >= 0.6 is 0 Å². The largest absolute Gasteiger partial charge is 0.378 e. The van der Waals surface area contributed by atoms with E-state index >= 15 is 0 Å². The van der Waals surface area contributed by atoms with E-state index in [9.17, 15) is 4.39 Å². The first kappa shape index (κ1) is 16.4. The van der Waals surface area contributed by atoms with Crippen LogP contribution in [0, 0.1) is 12.7 Å². The number of nitrogens with one attached hydrogen (secondary N) is 1. The molecule has 24 heavy (non-hydrogen) atoms. The number of hydrogen-bond donors (Lipinski definition) is 1. The highest BCUT2D eigenvalue weighted by Crippen LogP contribution is 2.28. The maximum Gasteiger partial charge on any atom is 0.125 e. The summed E-state index contributed by atoms with van der Waals surface area (Å²) in [5.41, 5.74) is 3.69. The van der Waals surface area contributed by atoms with Gasteiger partial charge in [0.25, 0.3) is 0 Å². The molecule has 0 saturated carbocycles. The molecule has 3 rings (SSSR count). The summed E-state index contributed by atoms with van der Waals surface area (Å²) >= 11 is 0. The van der Waals surface area contributed by atoms with Gasteiger partial charge in [-0.25, -0.2) is 4.39 Å². The fraction of sp³-hybridized carbons (Fsp3) is 0.368. The zero-order valence-electron chi connectivity index (χ0n) is 14.8. The van der Waals surface area contributed by atoms with Gasteiger partial charge in [0, 0.05) is 35.1 Å².